The van der Waals surface area contributed by atoms with Crippen LogP contribution in [0, 0.1) is 0 Å². The molecular formula is C12H16N2O2S. The first-order chi connectivity index (χ1) is 8.02. The van der Waals surface area contributed by atoms with Crippen molar-refractivity contribution in [2.24, 2.45) is 0 Å². The number of benzene rings is 1. The summed E-state index contributed by atoms with van der Waals surface area (Å²) in [5, 5.41) is 5.87. The molecule has 0 aliphatic heterocycles. The summed E-state index contributed by atoms with van der Waals surface area (Å²) >= 11 is 4.99. The number of rotatable bonds is 3. The molecule has 1 aromatic carbocycles. The van der Waals surface area contributed by atoms with Crippen molar-refractivity contribution < 1.29 is 9.53 Å². The van der Waals surface area contributed by atoms with E-state index < -0.39 is 0 Å². The Kier molecular flexibility index (Phi) is 4.90. The minimum atomic E-state index is -0.248. The summed E-state index contributed by atoms with van der Waals surface area (Å²) in [6.45, 7) is 3.90. The van der Waals surface area contributed by atoms with Gasteiger partial charge in [0.15, 0.2) is 5.11 Å². The zero-order valence-electron chi connectivity index (χ0n) is 10.1. The largest absolute Gasteiger partial charge is 0.497 e. The third-order valence-electron chi connectivity index (χ3n) is 1.98. The van der Waals surface area contributed by atoms with Gasteiger partial charge in [0.25, 0.3) is 5.91 Å². The Labute approximate surface area is 106 Å². The monoisotopic (exact) mass is 252 g/mol. The topological polar surface area (TPSA) is 50.4 Å². The van der Waals surface area contributed by atoms with Crippen LogP contribution >= 0.6 is 12.2 Å². The van der Waals surface area contributed by atoms with Crippen molar-refractivity contribution in [1.29, 1.82) is 0 Å². The van der Waals surface area contributed by atoms with Crippen molar-refractivity contribution in [2.75, 3.05) is 7.11 Å². The Morgan fingerprint density at radius 2 is 2.12 bits per heavy atom. The molecule has 1 rings (SSSR count). The third kappa shape index (κ3) is 4.40. The molecule has 1 aromatic rings. The Bertz CT molecular complexity index is 419. The zero-order chi connectivity index (χ0) is 12.8. The van der Waals surface area contributed by atoms with Gasteiger partial charge in [0.1, 0.15) is 5.75 Å². The molecule has 0 aromatic heterocycles. The quantitative estimate of drug-likeness (QED) is 0.804. The summed E-state index contributed by atoms with van der Waals surface area (Å²) in [4.78, 5) is 11.8. The number of carbonyl (C=O) groups is 1. The van der Waals surface area contributed by atoms with E-state index in [1.54, 1.807) is 31.4 Å². The normalized spacial score (nSPS) is 9.88. The maximum atomic E-state index is 11.8. The summed E-state index contributed by atoms with van der Waals surface area (Å²) in [6, 6.07) is 7.09. The van der Waals surface area contributed by atoms with E-state index in [0.29, 0.717) is 16.4 Å². The van der Waals surface area contributed by atoms with Gasteiger partial charge in [0.2, 0.25) is 0 Å². The number of nitrogens with one attached hydrogen (secondary N) is 2. The van der Waals surface area contributed by atoms with Crippen LogP contribution in [0.4, 0.5) is 0 Å². The lowest BCUT2D eigenvalue weighted by Gasteiger charge is -2.12. The first-order valence-corrected chi connectivity index (χ1v) is 5.69. The molecule has 1 amide bonds. The summed E-state index contributed by atoms with van der Waals surface area (Å²) in [6.07, 6.45) is 0. The first kappa shape index (κ1) is 13.4. The third-order valence-corrected chi connectivity index (χ3v) is 2.20. The van der Waals surface area contributed by atoms with Crippen LogP contribution in [0.3, 0.4) is 0 Å². The van der Waals surface area contributed by atoms with E-state index in [1.165, 1.54) is 0 Å². The second-order valence-electron chi connectivity index (χ2n) is 3.81. The van der Waals surface area contributed by atoms with E-state index in [9.17, 15) is 4.79 Å². The van der Waals surface area contributed by atoms with Crippen molar-refractivity contribution in [3.8, 4) is 5.75 Å². The van der Waals surface area contributed by atoms with Crippen LogP contribution in [0.2, 0.25) is 0 Å². The molecular weight excluding hydrogens is 236 g/mol. The highest BCUT2D eigenvalue weighted by Crippen LogP contribution is 2.12. The summed E-state index contributed by atoms with van der Waals surface area (Å²) in [5.74, 6) is 0.391. The molecule has 0 bridgehead atoms. The van der Waals surface area contributed by atoms with Gasteiger partial charge in [-0.1, -0.05) is 6.07 Å². The van der Waals surface area contributed by atoms with E-state index in [4.69, 9.17) is 17.0 Å². The van der Waals surface area contributed by atoms with E-state index in [-0.39, 0.29) is 11.9 Å². The average molecular weight is 252 g/mol. The van der Waals surface area contributed by atoms with E-state index in [1.807, 2.05) is 13.8 Å². The minimum Gasteiger partial charge on any atom is -0.497 e. The van der Waals surface area contributed by atoms with Crippen molar-refractivity contribution in [3.63, 3.8) is 0 Å². The molecule has 0 aliphatic rings. The zero-order valence-corrected chi connectivity index (χ0v) is 10.9. The fourth-order valence-corrected chi connectivity index (χ4v) is 1.57. The highest BCUT2D eigenvalue weighted by Gasteiger charge is 2.08. The number of amides is 1. The number of thiocarbonyl (C=S) groups is 1. The van der Waals surface area contributed by atoms with Gasteiger partial charge in [-0.3, -0.25) is 10.1 Å². The molecule has 4 nitrogen and oxygen atoms in total. The lowest BCUT2D eigenvalue weighted by atomic mass is 10.2. The van der Waals surface area contributed by atoms with Gasteiger partial charge in [-0.25, -0.2) is 0 Å². The van der Waals surface area contributed by atoms with Crippen LogP contribution in [0.1, 0.15) is 24.2 Å². The summed E-state index contributed by atoms with van der Waals surface area (Å²) < 4.78 is 5.05. The van der Waals surface area contributed by atoms with Gasteiger partial charge < -0.3 is 10.1 Å². The number of carbonyl (C=O) groups excluding carboxylic acids is 1. The highest BCUT2D eigenvalue weighted by molar-refractivity contribution is 7.80. The average Bonchev–Trinajstić information content (AvgIpc) is 2.27. The van der Waals surface area contributed by atoms with E-state index in [0.717, 1.165) is 0 Å². The molecule has 17 heavy (non-hydrogen) atoms. The fraction of sp³-hybridized carbons (Fsp3) is 0.333. The van der Waals surface area contributed by atoms with Crippen LogP contribution in [0.5, 0.6) is 5.75 Å². The van der Waals surface area contributed by atoms with Crippen molar-refractivity contribution in [3.05, 3.63) is 29.8 Å². The molecule has 0 unspecified atom stereocenters. The maximum Gasteiger partial charge on any atom is 0.257 e. The van der Waals surface area contributed by atoms with Gasteiger partial charge in [-0.2, -0.15) is 0 Å². The molecule has 5 heteroatoms. The molecule has 0 aliphatic carbocycles. The number of hydrogen-bond acceptors (Lipinski definition) is 3. The Hall–Kier alpha value is -1.62. The molecule has 92 valence electrons. The smallest absolute Gasteiger partial charge is 0.257 e. The number of methoxy groups -OCH3 is 1. The van der Waals surface area contributed by atoms with Crippen LogP contribution in [0.15, 0.2) is 24.3 Å². The van der Waals surface area contributed by atoms with E-state index >= 15 is 0 Å². The second-order valence-corrected chi connectivity index (χ2v) is 4.22. The Balaban J connectivity index is 2.66. The predicted octanol–water partition coefficient (Wildman–Crippen LogP) is 1.71. The van der Waals surface area contributed by atoms with Gasteiger partial charge in [0.05, 0.1) is 7.11 Å². The van der Waals surface area contributed by atoms with Crippen LogP contribution in [-0.2, 0) is 0 Å². The molecule has 2 N–H and O–H groups in total. The van der Waals surface area contributed by atoms with Crippen LogP contribution in [-0.4, -0.2) is 24.2 Å². The fourth-order valence-electron chi connectivity index (χ4n) is 1.24. The van der Waals surface area contributed by atoms with Gasteiger partial charge in [0, 0.05) is 11.6 Å². The molecule has 0 spiro atoms. The molecule has 0 radical (unpaired) electrons. The van der Waals surface area contributed by atoms with Crippen LogP contribution < -0.4 is 15.4 Å². The standard InChI is InChI=1S/C12H16N2O2S/c1-8(2)13-12(17)14-11(15)9-5-4-6-10(7-9)16-3/h4-8H,1-3H3,(H2,13,14,15,17). The van der Waals surface area contributed by atoms with Crippen LogP contribution in [0.25, 0.3) is 0 Å². The Morgan fingerprint density at radius 3 is 2.71 bits per heavy atom. The van der Waals surface area contributed by atoms with Gasteiger partial charge in [-0.05, 0) is 44.3 Å². The summed E-state index contributed by atoms with van der Waals surface area (Å²) in [5.41, 5.74) is 0.511. The SMILES string of the molecule is COc1cccc(C(=O)NC(=S)NC(C)C)c1. The van der Waals surface area contributed by atoms with E-state index in [2.05, 4.69) is 10.6 Å². The number of ether oxygens (including phenoxy) is 1. The van der Waals surface area contributed by atoms with Crippen molar-refractivity contribution in [2.45, 2.75) is 19.9 Å². The highest BCUT2D eigenvalue weighted by atomic mass is 32.1. The first-order valence-electron chi connectivity index (χ1n) is 5.29. The Morgan fingerprint density at radius 1 is 1.41 bits per heavy atom. The van der Waals surface area contributed by atoms with Crippen molar-refractivity contribution >= 4 is 23.2 Å². The lowest BCUT2D eigenvalue weighted by molar-refractivity contribution is 0.0976. The molecule has 0 saturated heterocycles. The van der Waals surface area contributed by atoms with Gasteiger partial charge >= 0.3 is 0 Å². The van der Waals surface area contributed by atoms with Crippen molar-refractivity contribution in [1.82, 2.24) is 10.6 Å². The molecule has 0 heterocycles. The maximum absolute atomic E-state index is 11.8. The lowest BCUT2D eigenvalue weighted by Crippen LogP contribution is -2.42. The number of hydrogen-bond donors (Lipinski definition) is 2. The molecule has 0 atom stereocenters. The predicted molar refractivity (Wildman–Crippen MR) is 71.3 cm³/mol. The minimum absolute atomic E-state index is 0.188. The van der Waals surface area contributed by atoms with Gasteiger partial charge in [-0.15, -0.1) is 0 Å². The summed E-state index contributed by atoms with van der Waals surface area (Å²) in [7, 11) is 1.56. The second kappa shape index (κ2) is 6.20. The molecule has 0 saturated carbocycles. The molecule has 0 fully saturated rings.